The van der Waals surface area contributed by atoms with Gasteiger partial charge >= 0.3 is 0 Å². The van der Waals surface area contributed by atoms with Crippen LogP contribution in [-0.2, 0) is 12.8 Å². The van der Waals surface area contributed by atoms with Crippen LogP contribution >= 0.6 is 0 Å². The van der Waals surface area contributed by atoms with Gasteiger partial charge in [-0.25, -0.2) is 0 Å². The van der Waals surface area contributed by atoms with Crippen LogP contribution in [0.5, 0.6) is 0 Å². The molecule has 0 bridgehead atoms. The molecular formula is C16H16O. The highest BCUT2D eigenvalue weighted by Gasteiger charge is 2.17. The Labute approximate surface area is 101 Å². The van der Waals surface area contributed by atoms with Gasteiger partial charge in [-0.2, -0.15) is 0 Å². The standard InChI is InChI=1S/C16H16O/c1-2-11-5-3-6-12-9-13-7-4-8-16(17)15(13)10-14(11)12/h3,5-6,9-10H,2,4,7-8H2,1H3. The Hall–Kier alpha value is -1.63. The normalized spacial score (nSPS) is 15.0. The van der Waals surface area contributed by atoms with E-state index in [4.69, 9.17) is 0 Å². The minimum absolute atomic E-state index is 0.319. The fraction of sp³-hybridized carbons (Fsp3) is 0.312. The number of aryl methyl sites for hydroxylation is 2. The molecule has 0 radical (unpaired) electrons. The molecule has 86 valence electrons. The van der Waals surface area contributed by atoms with Crippen LogP contribution in [0.1, 0.15) is 41.3 Å². The van der Waals surface area contributed by atoms with Gasteiger partial charge in [0.1, 0.15) is 0 Å². The van der Waals surface area contributed by atoms with Gasteiger partial charge in [0.05, 0.1) is 0 Å². The van der Waals surface area contributed by atoms with Crippen LogP contribution in [0.2, 0.25) is 0 Å². The zero-order valence-corrected chi connectivity index (χ0v) is 10.1. The summed E-state index contributed by atoms with van der Waals surface area (Å²) in [7, 11) is 0. The number of Topliss-reactive ketones (excluding diaryl/α,β-unsaturated/α-hetero) is 1. The molecule has 3 rings (SSSR count). The molecule has 17 heavy (non-hydrogen) atoms. The van der Waals surface area contributed by atoms with Crippen LogP contribution in [0.15, 0.2) is 30.3 Å². The van der Waals surface area contributed by atoms with Gasteiger partial charge in [-0.1, -0.05) is 31.2 Å². The zero-order valence-electron chi connectivity index (χ0n) is 10.1. The Morgan fingerprint density at radius 1 is 1.18 bits per heavy atom. The molecule has 2 aromatic rings. The summed E-state index contributed by atoms with van der Waals surface area (Å²) in [6.45, 7) is 2.16. The van der Waals surface area contributed by atoms with Crippen molar-refractivity contribution in [2.24, 2.45) is 0 Å². The van der Waals surface area contributed by atoms with Gasteiger partial charge in [0, 0.05) is 12.0 Å². The lowest BCUT2D eigenvalue weighted by molar-refractivity contribution is 0.0972. The summed E-state index contributed by atoms with van der Waals surface area (Å²) in [4.78, 5) is 11.9. The van der Waals surface area contributed by atoms with E-state index in [9.17, 15) is 4.79 Å². The van der Waals surface area contributed by atoms with Crippen LogP contribution in [0, 0.1) is 0 Å². The molecule has 0 atom stereocenters. The molecule has 0 aromatic heterocycles. The summed E-state index contributed by atoms with van der Waals surface area (Å²) in [6, 6.07) is 10.7. The van der Waals surface area contributed by atoms with Gasteiger partial charge in [0.15, 0.2) is 5.78 Å². The number of rotatable bonds is 1. The quantitative estimate of drug-likeness (QED) is 0.717. The van der Waals surface area contributed by atoms with Crippen molar-refractivity contribution in [2.75, 3.05) is 0 Å². The number of carbonyl (C=O) groups is 1. The topological polar surface area (TPSA) is 17.1 Å². The van der Waals surface area contributed by atoms with E-state index >= 15 is 0 Å². The fourth-order valence-electron chi connectivity index (χ4n) is 2.79. The van der Waals surface area contributed by atoms with Crippen molar-refractivity contribution < 1.29 is 4.79 Å². The summed E-state index contributed by atoms with van der Waals surface area (Å²) in [5, 5.41) is 2.53. The second kappa shape index (κ2) is 3.99. The number of fused-ring (bicyclic) bond motifs is 2. The van der Waals surface area contributed by atoms with Crippen LogP contribution in [0.4, 0.5) is 0 Å². The molecule has 0 N–H and O–H groups in total. The molecule has 0 spiro atoms. The van der Waals surface area contributed by atoms with Crippen molar-refractivity contribution >= 4 is 16.6 Å². The highest BCUT2D eigenvalue weighted by Crippen LogP contribution is 2.28. The maximum absolute atomic E-state index is 11.9. The summed E-state index contributed by atoms with van der Waals surface area (Å²) in [5.41, 5.74) is 3.54. The van der Waals surface area contributed by atoms with Gasteiger partial charge in [0.2, 0.25) is 0 Å². The first-order chi connectivity index (χ1) is 8.29. The Morgan fingerprint density at radius 2 is 2.06 bits per heavy atom. The minimum Gasteiger partial charge on any atom is -0.294 e. The van der Waals surface area contributed by atoms with E-state index in [1.807, 2.05) is 0 Å². The summed E-state index contributed by atoms with van der Waals surface area (Å²) < 4.78 is 0. The third-order valence-electron chi connectivity index (χ3n) is 3.73. The molecule has 0 fully saturated rings. The first-order valence-electron chi connectivity index (χ1n) is 6.37. The lowest BCUT2D eigenvalue weighted by Gasteiger charge is -2.16. The summed E-state index contributed by atoms with van der Waals surface area (Å²) in [6.07, 6.45) is 3.79. The molecule has 0 aliphatic heterocycles. The van der Waals surface area contributed by atoms with Crippen LogP contribution < -0.4 is 0 Å². The molecule has 1 aliphatic carbocycles. The van der Waals surface area contributed by atoms with Gasteiger partial charge in [-0.05, 0) is 47.2 Å². The Bertz CT molecular complexity index is 596. The van der Waals surface area contributed by atoms with Crippen molar-refractivity contribution in [3.63, 3.8) is 0 Å². The van der Waals surface area contributed by atoms with Crippen molar-refractivity contribution in [2.45, 2.75) is 32.6 Å². The fourth-order valence-corrected chi connectivity index (χ4v) is 2.79. The van der Waals surface area contributed by atoms with Crippen molar-refractivity contribution in [3.8, 4) is 0 Å². The van der Waals surface area contributed by atoms with Crippen LogP contribution in [-0.4, -0.2) is 5.78 Å². The SMILES string of the molecule is CCc1cccc2cc3c(cc12)C(=O)CCC3. The maximum atomic E-state index is 11.9. The average molecular weight is 224 g/mol. The minimum atomic E-state index is 0.319. The van der Waals surface area contributed by atoms with E-state index in [0.717, 1.165) is 24.8 Å². The first-order valence-corrected chi connectivity index (χ1v) is 6.37. The predicted octanol–water partition coefficient (Wildman–Crippen LogP) is 3.92. The molecule has 1 aliphatic rings. The second-order valence-electron chi connectivity index (χ2n) is 4.78. The van der Waals surface area contributed by atoms with Gasteiger partial charge in [-0.15, -0.1) is 0 Å². The molecular weight excluding hydrogens is 208 g/mol. The highest BCUT2D eigenvalue weighted by atomic mass is 16.1. The number of hydrogen-bond donors (Lipinski definition) is 0. The molecule has 1 heteroatoms. The summed E-state index contributed by atoms with van der Waals surface area (Å²) in [5.74, 6) is 0.319. The second-order valence-corrected chi connectivity index (χ2v) is 4.78. The Balaban J connectivity index is 2.31. The first kappa shape index (κ1) is 10.5. The average Bonchev–Trinajstić information content (AvgIpc) is 2.36. The molecule has 0 amide bonds. The predicted molar refractivity (Wildman–Crippen MR) is 70.6 cm³/mol. The Kier molecular flexibility index (Phi) is 2.47. The number of ketones is 1. The highest BCUT2D eigenvalue weighted by molar-refractivity contribution is 6.03. The lowest BCUT2D eigenvalue weighted by atomic mass is 9.87. The van der Waals surface area contributed by atoms with E-state index in [1.54, 1.807) is 0 Å². The molecule has 0 heterocycles. The van der Waals surface area contributed by atoms with E-state index < -0.39 is 0 Å². The number of carbonyl (C=O) groups excluding carboxylic acids is 1. The third-order valence-corrected chi connectivity index (χ3v) is 3.73. The largest absolute Gasteiger partial charge is 0.294 e. The van der Waals surface area contributed by atoms with Crippen molar-refractivity contribution in [1.29, 1.82) is 0 Å². The smallest absolute Gasteiger partial charge is 0.163 e. The molecule has 1 nitrogen and oxygen atoms in total. The maximum Gasteiger partial charge on any atom is 0.163 e. The van der Waals surface area contributed by atoms with Crippen LogP contribution in [0.3, 0.4) is 0 Å². The zero-order chi connectivity index (χ0) is 11.8. The lowest BCUT2D eigenvalue weighted by Crippen LogP contribution is -2.10. The molecule has 2 aromatic carbocycles. The summed E-state index contributed by atoms with van der Waals surface area (Å²) >= 11 is 0. The Morgan fingerprint density at radius 3 is 2.88 bits per heavy atom. The van der Waals surface area contributed by atoms with Gasteiger partial charge < -0.3 is 0 Å². The third kappa shape index (κ3) is 1.66. The molecule has 0 saturated carbocycles. The van der Waals surface area contributed by atoms with Crippen molar-refractivity contribution in [3.05, 3.63) is 47.0 Å². The van der Waals surface area contributed by atoms with Gasteiger partial charge in [0.25, 0.3) is 0 Å². The monoisotopic (exact) mass is 224 g/mol. The number of benzene rings is 2. The van der Waals surface area contributed by atoms with E-state index in [0.29, 0.717) is 12.2 Å². The molecule has 0 saturated heterocycles. The van der Waals surface area contributed by atoms with Gasteiger partial charge in [-0.3, -0.25) is 4.79 Å². The molecule has 0 unspecified atom stereocenters. The van der Waals surface area contributed by atoms with Crippen molar-refractivity contribution in [1.82, 2.24) is 0 Å². The van der Waals surface area contributed by atoms with E-state index in [1.165, 1.54) is 21.9 Å². The number of hydrogen-bond acceptors (Lipinski definition) is 1. The van der Waals surface area contributed by atoms with Crippen LogP contribution in [0.25, 0.3) is 10.8 Å². The van der Waals surface area contributed by atoms with E-state index in [2.05, 4.69) is 37.3 Å². The van der Waals surface area contributed by atoms with E-state index in [-0.39, 0.29) is 0 Å².